The molecule has 8 nitrogen and oxygen atoms in total. The number of nitrogens with two attached hydrogens (primary N) is 1. The second-order valence-corrected chi connectivity index (χ2v) is 7.57. The number of primary amides is 1. The normalized spacial score (nSPS) is 13.7. The van der Waals surface area contributed by atoms with Gasteiger partial charge in [0.25, 0.3) is 5.91 Å². The first-order valence-electron chi connectivity index (χ1n) is 10.2. The molecule has 1 unspecified atom stereocenters. The molecule has 1 atom stereocenters. The van der Waals surface area contributed by atoms with Crippen molar-refractivity contribution in [2.24, 2.45) is 5.73 Å². The maximum Gasteiger partial charge on any atom is 0.305 e. The van der Waals surface area contributed by atoms with E-state index >= 15 is 0 Å². The average molecular weight is 433 g/mol. The summed E-state index contributed by atoms with van der Waals surface area (Å²) in [5, 5.41) is 1.02. The minimum atomic E-state index is -0.911. The summed E-state index contributed by atoms with van der Waals surface area (Å²) < 4.78 is 10.7. The van der Waals surface area contributed by atoms with Gasteiger partial charge < -0.3 is 20.1 Å². The zero-order valence-corrected chi connectivity index (χ0v) is 17.6. The second kappa shape index (κ2) is 9.05. The molecule has 0 bridgehead atoms. The van der Waals surface area contributed by atoms with E-state index in [2.05, 4.69) is 9.72 Å². The fraction of sp³-hybridized carbons (Fsp3) is 0.250. The van der Waals surface area contributed by atoms with Crippen molar-refractivity contribution in [2.45, 2.75) is 32.0 Å². The highest BCUT2D eigenvalue weighted by Crippen LogP contribution is 2.33. The molecule has 2 heterocycles. The smallest absolute Gasteiger partial charge is 0.305 e. The van der Waals surface area contributed by atoms with E-state index in [1.54, 1.807) is 24.4 Å². The fourth-order valence-electron chi connectivity index (χ4n) is 3.88. The number of fused-ring (bicyclic) bond motifs is 2. The van der Waals surface area contributed by atoms with E-state index in [4.69, 9.17) is 10.5 Å². The molecule has 0 radical (unpaired) electrons. The number of amides is 2. The van der Waals surface area contributed by atoms with Gasteiger partial charge in [-0.25, -0.2) is 0 Å². The topological polar surface area (TPSA) is 112 Å². The van der Waals surface area contributed by atoms with E-state index in [1.165, 1.54) is 12.0 Å². The molecule has 2 aromatic carbocycles. The Labute approximate surface area is 184 Å². The quantitative estimate of drug-likeness (QED) is 0.547. The van der Waals surface area contributed by atoms with Gasteiger partial charge in [-0.1, -0.05) is 24.3 Å². The zero-order valence-electron chi connectivity index (χ0n) is 17.6. The first-order chi connectivity index (χ1) is 15.5. The van der Waals surface area contributed by atoms with E-state index in [9.17, 15) is 14.4 Å². The van der Waals surface area contributed by atoms with Crippen molar-refractivity contribution in [3.8, 4) is 5.75 Å². The van der Waals surface area contributed by atoms with Crippen LogP contribution in [-0.2, 0) is 27.5 Å². The van der Waals surface area contributed by atoms with Crippen molar-refractivity contribution in [1.82, 2.24) is 9.88 Å². The Bertz CT molecular complexity index is 1190. The van der Waals surface area contributed by atoms with E-state index in [0.29, 0.717) is 16.9 Å². The number of para-hydroxylation sites is 1. The molecule has 1 aliphatic heterocycles. The summed E-state index contributed by atoms with van der Waals surface area (Å²) in [6.07, 6.45) is 1.85. The van der Waals surface area contributed by atoms with Gasteiger partial charge in [-0.05, 0) is 30.7 Å². The molecule has 0 aliphatic carbocycles. The van der Waals surface area contributed by atoms with Gasteiger partial charge in [-0.3, -0.25) is 19.4 Å². The Morgan fingerprint density at radius 2 is 2.00 bits per heavy atom. The Balaban J connectivity index is 1.52. The van der Waals surface area contributed by atoms with Gasteiger partial charge in [0.1, 0.15) is 18.4 Å². The molecule has 3 aromatic rings. The number of methoxy groups -OCH3 is 1. The van der Waals surface area contributed by atoms with Crippen LogP contribution in [0.4, 0.5) is 0 Å². The fourth-order valence-corrected chi connectivity index (χ4v) is 3.88. The van der Waals surface area contributed by atoms with E-state index in [-0.39, 0.29) is 31.9 Å². The molecule has 32 heavy (non-hydrogen) atoms. The molecule has 0 saturated heterocycles. The van der Waals surface area contributed by atoms with Gasteiger partial charge in [-0.2, -0.15) is 0 Å². The van der Waals surface area contributed by atoms with Crippen LogP contribution < -0.4 is 10.5 Å². The number of rotatable bonds is 8. The van der Waals surface area contributed by atoms with Crippen LogP contribution >= 0.6 is 0 Å². The van der Waals surface area contributed by atoms with Gasteiger partial charge in [0, 0.05) is 34.7 Å². The van der Waals surface area contributed by atoms with Gasteiger partial charge in [0.2, 0.25) is 5.91 Å². The number of carbonyl (C=O) groups is 3. The first kappa shape index (κ1) is 21.3. The van der Waals surface area contributed by atoms with Gasteiger partial charge in [-0.15, -0.1) is 0 Å². The van der Waals surface area contributed by atoms with Crippen molar-refractivity contribution in [3.63, 3.8) is 0 Å². The summed E-state index contributed by atoms with van der Waals surface area (Å²) in [6, 6.07) is 14.1. The highest BCUT2D eigenvalue weighted by atomic mass is 16.5. The standard InChI is InChI=1S/C24H23N3O5/c1-31-22(28)10-9-20(23(25)29)27-13-18-17(24(27)30)6-4-8-21(18)32-14-15-11-16-5-2-3-7-19(16)26-12-15/h2-8,11-12,20H,9-10,13-14H2,1H3,(H2,25,29). The number of benzene rings is 2. The maximum atomic E-state index is 13.0. The van der Waals surface area contributed by atoms with Crippen LogP contribution in [0.1, 0.15) is 34.3 Å². The predicted octanol–water partition coefficient (Wildman–Crippen LogP) is 2.58. The summed E-state index contributed by atoms with van der Waals surface area (Å²) in [6.45, 7) is 0.457. The minimum absolute atomic E-state index is 0.0114. The van der Waals surface area contributed by atoms with Crippen LogP contribution in [0.15, 0.2) is 54.7 Å². The molecule has 0 spiro atoms. The van der Waals surface area contributed by atoms with E-state index in [1.807, 2.05) is 30.3 Å². The lowest BCUT2D eigenvalue weighted by atomic mass is 10.1. The Hall–Kier alpha value is -3.94. The zero-order chi connectivity index (χ0) is 22.7. The maximum absolute atomic E-state index is 13.0. The lowest BCUT2D eigenvalue weighted by Gasteiger charge is -2.24. The monoisotopic (exact) mass is 433 g/mol. The van der Waals surface area contributed by atoms with Crippen LogP contribution in [0, 0.1) is 0 Å². The molecule has 8 heteroatoms. The SMILES string of the molecule is COC(=O)CCC(C(N)=O)N1Cc2c(OCc3cnc4ccccc4c3)cccc2C1=O. The van der Waals surface area contributed by atoms with Crippen molar-refractivity contribution < 1.29 is 23.9 Å². The van der Waals surface area contributed by atoms with Crippen LogP contribution in [0.5, 0.6) is 5.75 Å². The Morgan fingerprint density at radius 3 is 2.78 bits per heavy atom. The third kappa shape index (κ3) is 4.25. The van der Waals surface area contributed by atoms with E-state index < -0.39 is 17.9 Å². The van der Waals surface area contributed by atoms with Crippen molar-refractivity contribution >= 4 is 28.7 Å². The molecule has 164 valence electrons. The van der Waals surface area contributed by atoms with Crippen LogP contribution in [0.3, 0.4) is 0 Å². The largest absolute Gasteiger partial charge is 0.488 e. The number of nitrogens with zero attached hydrogens (tertiary/aromatic N) is 2. The first-order valence-corrected chi connectivity index (χ1v) is 10.2. The second-order valence-electron chi connectivity index (χ2n) is 7.57. The molecule has 1 aromatic heterocycles. The lowest BCUT2D eigenvalue weighted by Crippen LogP contribution is -2.45. The Kier molecular flexibility index (Phi) is 6.02. The van der Waals surface area contributed by atoms with Crippen LogP contribution in [0.25, 0.3) is 10.9 Å². The minimum Gasteiger partial charge on any atom is -0.488 e. The van der Waals surface area contributed by atoms with E-state index in [0.717, 1.165) is 16.5 Å². The molecule has 2 amide bonds. The van der Waals surface area contributed by atoms with Gasteiger partial charge >= 0.3 is 5.97 Å². The molecular formula is C24H23N3O5. The number of hydrogen-bond acceptors (Lipinski definition) is 6. The molecular weight excluding hydrogens is 410 g/mol. The predicted molar refractivity (Wildman–Crippen MR) is 117 cm³/mol. The van der Waals surface area contributed by atoms with Crippen molar-refractivity contribution in [1.29, 1.82) is 0 Å². The van der Waals surface area contributed by atoms with Crippen LogP contribution in [0.2, 0.25) is 0 Å². The summed E-state index contributed by atoms with van der Waals surface area (Å²) in [4.78, 5) is 42.3. The third-order valence-electron chi connectivity index (χ3n) is 5.55. The van der Waals surface area contributed by atoms with Gasteiger partial charge in [0.05, 0.1) is 19.2 Å². The number of hydrogen-bond donors (Lipinski definition) is 1. The third-order valence-corrected chi connectivity index (χ3v) is 5.55. The number of carbonyl (C=O) groups excluding carboxylic acids is 3. The number of ether oxygens (including phenoxy) is 2. The summed E-state index contributed by atoms with van der Waals surface area (Å²) in [5.74, 6) is -0.887. The average Bonchev–Trinajstić information content (AvgIpc) is 3.14. The van der Waals surface area contributed by atoms with Gasteiger partial charge in [0.15, 0.2) is 0 Å². The lowest BCUT2D eigenvalue weighted by molar-refractivity contribution is -0.141. The number of aromatic nitrogens is 1. The number of pyridine rings is 1. The molecule has 2 N–H and O–H groups in total. The summed E-state index contributed by atoms with van der Waals surface area (Å²) >= 11 is 0. The molecule has 1 aliphatic rings. The highest BCUT2D eigenvalue weighted by Gasteiger charge is 2.37. The van der Waals surface area contributed by atoms with Crippen molar-refractivity contribution in [2.75, 3.05) is 7.11 Å². The highest BCUT2D eigenvalue weighted by molar-refractivity contribution is 6.01. The molecule has 0 saturated carbocycles. The molecule has 0 fully saturated rings. The summed E-state index contributed by atoms with van der Waals surface area (Å²) in [7, 11) is 1.27. The van der Waals surface area contributed by atoms with Crippen molar-refractivity contribution in [3.05, 3.63) is 71.4 Å². The van der Waals surface area contributed by atoms with Crippen LogP contribution in [-0.4, -0.2) is 40.8 Å². The summed E-state index contributed by atoms with van der Waals surface area (Å²) in [5.41, 5.74) is 8.49. The molecule has 4 rings (SSSR count). The Morgan fingerprint density at radius 1 is 1.19 bits per heavy atom. The number of esters is 1.